The van der Waals surface area contributed by atoms with Gasteiger partial charge in [-0.05, 0) is 79.9 Å². The number of benzene rings is 1. The number of thioether (sulfide) groups is 1. The van der Waals surface area contributed by atoms with E-state index in [1.165, 1.54) is 17.3 Å². The van der Waals surface area contributed by atoms with Crippen molar-refractivity contribution in [2.24, 2.45) is 28.6 Å². The van der Waals surface area contributed by atoms with E-state index in [4.69, 9.17) is 8.94 Å². The molecule has 2 aromatic heterocycles. The summed E-state index contributed by atoms with van der Waals surface area (Å²) in [7, 11) is 0. The number of rotatable bonds is 4. The molecular formula is C29H32N2O5S. The number of oxazole rings is 1. The molecular weight excluding hydrogens is 488 g/mol. The van der Waals surface area contributed by atoms with E-state index >= 15 is 0 Å². The summed E-state index contributed by atoms with van der Waals surface area (Å²) in [5.74, 6) is 1.27. The molecule has 7 rings (SSSR count). The monoisotopic (exact) mass is 520 g/mol. The highest BCUT2D eigenvalue weighted by Gasteiger charge is 2.68. The van der Waals surface area contributed by atoms with Crippen LogP contribution in [-0.4, -0.2) is 43.6 Å². The molecule has 0 amide bonds. The molecule has 2 heterocycles. The number of para-hydroxylation sites is 2. The average molecular weight is 521 g/mol. The van der Waals surface area contributed by atoms with E-state index in [2.05, 4.69) is 23.1 Å². The number of fused-ring (bicyclic) bond motifs is 7. The Bertz CT molecular complexity index is 1400. The van der Waals surface area contributed by atoms with Gasteiger partial charge in [-0.3, -0.25) is 4.79 Å². The van der Waals surface area contributed by atoms with E-state index < -0.39 is 17.1 Å². The Morgan fingerprint density at radius 2 is 2.08 bits per heavy atom. The van der Waals surface area contributed by atoms with Crippen LogP contribution in [0, 0.1) is 28.6 Å². The second kappa shape index (κ2) is 8.04. The first-order valence-electron chi connectivity index (χ1n) is 13.3. The maximum absolute atomic E-state index is 13.6. The fourth-order valence-corrected chi connectivity index (χ4v) is 9.44. The summed E-state index contributed by atoms with van der Waals surface area (Å²) in [6.07, 6.45) is 7.71. The molecule has 7 nitrogen and oxygen atoms in total. The molecule has 0 saturated heterocycles. The lowest BCUT2D eigenvalue weighted by atomic mass is 9.45. The first-order valence-corrected chi connectivity index (χ1v) is 14.3. The average Bonchev–Trinajstić information content (AvgIpc) is 3.56. The minimum Gasteiger partial charge on any atom is -0.431 e. The fraction of sp³-hybridized carbons (Fsp3) is 0.552. The smallest absolute Gasteiger partial charge is 0.257 e. The molecule has 0 radical (unpaired) electrons. The number of Topliss-reactive ketones (excluding diaryl/α,β-unsaturated/α-hetero) is 1. The Kier molecular flexibility index (Phi) is 5.15. The molecule has 0 bridgehead atoms. The lowest BCUT2D eigenvalue weighted by Crippen LogP contribution is -2.62. The van der Waals surface area contributed by atoms with Crippen LogP contribution in [0.25, 0.3) is 17.2 Å². The number of nitrogens with zero attached hydrogens (tertiary/aromatic N) is 2. The van der Waals surface area contributed by atoms with Crippen molar-refractivity contribution in [3.8, 4) is 0 Å². The van der Waals surface area contributed by atoms with Crippen molar-refractivity contribution < 1.29 is 23.9 Å². The van der Waals surface area contributed by atoms with E-state index in [9.17, 15) is 15.0 Å². The van der Waals surface area contributed by atoms with Gasteiger partial charge in [-0.15, -0.1) is 0 Å². The summed E-state index contributed by atoms with van der Waals surface area (Å²) >= 11 is 1.24. The van der Waals surface area contributed by atoms with Crippen molar-refractivity contribution in [1.29, 1.82) is 0 Å². The number of aromatic nitrogens is 2. The number of hydrogen-bond donors (Lipinski definition) is 2. The Morgan fingerprint density at radius 3 is 2.92 bits per heavy atom. The summed E-state index contributed by atoms with van der Waals surface area (Å²) in [6.45, 7) is 4.32. The van der Waals surface area contributed by atoms with Gasteiger partial charge in [0.2, 0.25) is 0 Å². The van der Waals surface area contributed by atoms with Gasteiger partial charge in [0, 0.05) is 11.0 Å². The van der Waals surface area contributed by atoms with E-state index in [-0.39, 0.29) is 34.7 Å². The zero-order chi connectivity index (χ0) is 25.6. The van der Waals surface area contributed by atoms with Gasteiger partial charge in [0.25, 0.3) is 5.22 Å². The van der Waals surface area contributed by atoms with Crippen molar-refractivity contribution in [3.63, 3.8) is 0 Å². The van der Waals surface area contributed by atoms with E-state index in [1.807, 2.05) is 31.2 Å². The minimum absolute atomic E-state index is 0.0835. The fourth-order valence-electron chi connectivity index (χ4n) is 8.64. The number of allylic oxidation sites excluding steroid dienone is 1. The molecule has 0 spiro atoms. The van der Waals surface area contributed by atoms with Gasteiger partial charge in [0.1, 0.15) is 11.1 Å². The Hall–Kier alpha value is -2.42. The van der Waals surface area contributed by atoms with Crippen molar-refractivity contribution in [2.75, 3.05) is 5.75 Å². The topological polar surface area (TPSA) is 110 Å². The Morgan fingerprint density at radius 1 is 1.24 bits per heavy atom. The third-order valence-electron chi connectivity index (χ3n) is 10.4. The number of carbonyl (C=O) groups is 1. The van der Waals surface area contributed by atoms with Crippen LogP contribution in [0.1, 0.15) is 57.3 Å². The van der Waals surface area contributed by atoms with Crippen LogP contribution in [-0.2, 0) is 11.2 Å². The maximum atomic E-state index is 13.6. The highest BCUT2D eigenvalue weighted by atomic mass is 32.2. The highest BCUT2D eigenvalue weighted by Crippen LogP contribution is 2.67. The van der Waals surface area contributed by atoms with Crippen LogP contribution in [0.5, 0.6) is 0 Å². The Balaban J connectivity index is 1.14. The van der Waals surface area contributed by atoms with Crippen molar-refractivity contribution in [3.05, 3.63) is 47.4 Å². The molecule has 3 saturated carbocycles. The van der Waals surface area contributed by atoms with Gasteiger partial charge in [-0.2, -0.15) is 0 Å². The van der Waals surface area contributed by atoms with Crippen LogP contribution in [0.4, 0.5) is 0 Å². The summed E-state index contributed by atoms with van der Waals surface area (Å²) in [6, 6.07) is 7.52. The number of hydrogen-bond acceptors (Lipinski definition) is 8. The molecule has 4 aliphatic carbocycles. The van der Waals surface area contributed by atoms with E-state index in [0.717, 1.165) is 42.5 Å². The molecule has 3 fully saturated rings. The standard InChI is InChI=1S/C29H32N2O5S/c1-27-12-16-14-30-36-23(16)11-17(27)7-8-18-19-9-10-29(34,28(19,2)13-21(32)25(18)27)24(33)15-37-26-31-20-5-3-4-6-22(20)35-26/h3-6,11,14,18-19,21,25,32,34H,7-10,12-13,15H2,1-2H3/t18?,19?,21-,25?,27-,28-,29-/m0/s1. The number of aliphatic hydroxyl groups is 2. The maximum Gasteiger partial charge on any atom is 0.257 e. The third kappa shape index (κ3) is 3.25. The molecule has 3 unspecified atom stereocenters. The second-order valence-electron chi connectivity index (χ2n) is 12.1. The molecule has 194 valence electrons. The highest BCUT2D eigenvalue weighted by molar-refractivity contribution is 7.99. The minimum atomic E-state index is -1.46. The zero-order valence-electron chi connectivity index (χ0n) is 21.1. The molecule has 3 aromatic rings. The van der Waals surface area contributed by atoms with Crippen LogP contribution in [0.3, 0.4) is 0 Å². The van der Waals surface area contributed by atoms with Crippen LogP contribution < -0.4 is 0 Å². The summed E-state index contributed by atoms with van der Waals surface area (Å²) in [4.78, 5) is 18.1. The summed E-state index contributed by atoms with van der Waals surface area (Å²) < 4.78 is 11.2. The SMILES string of the molecule is C[C@]12Cc3cnoc3C=C1CCC1C2[C@@H](O)C[C@@]2(C)C1CC[C@]2(O)C(=O)CSc1nc2ccccc2o1. The van der Waals surface area contributed by atoms with Gasteiger partial charge in [0.15, 0.2) is 17.1 Å². The number of ketones is 1. The van der Waals surface area contributed by atoms with Gasteiger partial charge in [-0.1, -0.05) is 48.5 Å². The van der Waals surface area contributed by atoms with Gasteiger partial charge >= 0.3 is 0 Å². The number of carbonyl (C=O) groups excluding carboxylic acids is 1. The van der Waals surface area contributed by atoms with Gasteiger partial charge < -0.3 is 19.2 Å². The number of aliphatic hydroxyl groups excluding tert-OH is 1. The molecule has 7 atom stereocenters. The van der Waals surface area contributed by atoms with Crippen LogP contribution in [0.15, 0.2) is 50.2 Å². The van der Waals surface area contributed by atoms with E-state index in [1.54, 1.807) is 6.20 Å². The first-order chi connectivity index (χ1) is 17.7. The van der Waals surface area contributed by atoms with Crippen molar-refractivity contribution >= 4 is 34.7 Å². The van der Waals surface area contributed by atoms with Crippen molar-refractivity contribution in [1.82, 2.24) is 10.1 Å². The Labute approximate surface area is 219 Å². The lowest BCUT2D eigenvalue weighted by Gasteiger charge is -2.60. The molecule has 0 aliphatic heterocycles. The van der Waals surface area contributed by atoms with Crippen LogP contribution in [0.2, 0.25) is 0 Å². The molecule has 1 aromatic carbocycles. The largest absolute Gasteiger partial charge is 0.431 e. The predicted molar refractivity (Wildman–Crippen MR) is 139 cm³/mol. The summed E-state index contributed by atoms with van der Waals surface area (Å²) in [5, 5.41) is 28.1. The van der Waals surface area contributed by atoms with Crippen LogP contribution >= 0.6 is 11.8 Å². The quantitative estimate of drug-likeness (QED) is 0.460. The normalized spacial score (nSPS) is 38.4. The molecule has 37 heavy (non-hydrogen) atoms. The molecule has 8 heteroatoms. The summed E-state index contributed by atoms with van der Waals surface area (Å²) in [5.41, 5.74) is 1.57. The van der Waals surface area contributed by atoms with Gasteiger partial charge in [0.05, 0.1) is 18.1 Å². The first kappa shape index (κ1) is 23.7. The predicted octanol–water partition coefficient (Wildman–Crippen LogP) is 5.06. The van der Waals surface area contributed by atoms with Gasteiger partial charge in [-0.25, -0.2) is 4.98 Å². The van der Waals surface area contributed by atoms with Crippen molar-refractivity contribution in [2.45, 2.75) is 69.3 Å². The third-order valence-corrected chi connectivity index (χ3v) is 11.3. The second-order valence-corrected chi connectivity index (χ2v) is 13.0. The molecule has 4 aliphatic rings. The molecule has 2 N–H and O–H groups in total. The van der Waals surface area contributed by atoms with E-state index in [0.29, 0.717) is 23.6 Å². The zero-order valence-corrected chi connectivity index (χ0v) is 22.0. The lowest BCUT2D eigenvalue weighted by molar-refractivity contribution is -0.177.